The molecule has 84 valence electrons. The molecule has 0 spiro atoms. The summed E-state index contributed by atoms with van der Waals surface area (Å²) in [4.78, 5) is 2.37. The predicted octanol–water partition coefficient (Wildman–Crippen LogP) is 1.96. The van der Waals surface area contributed by atoms with Crippen LogP contribution in [0.1, 0.15) is 33.6 Å². The topological polar surface area (TPSA) is 15.3 Å². The molecular weight excluding hydrogens is 172 g/mol. The van der Waals surface area contributed by atoms with Gasteiger partial charge in [-0.05, 0) is 45.7 Å². The van der Waals surface area contributed by atoms with E-state index in [9.17, 15) is 0 Å². The number of nitrogens with zero attached hydrogens (tertiary/aromatic N) is 1. The minimum absolute atomic E-state index is 0.635. The van der Waals surface area contributed by atoms with Crippen LogP contribution in [0.15, 0.2) is 0 Å². The number of likely N-dealkylation sites (N-methyl/N-ethyl adjacent to an activating group) is 1. The lowest BCUT2D eigenvalue weighted by atomic mass is 10.1. The third kappa shape index (κ3) is 3.58. The van der Waals surface area contributed by atoms with E-state index in [1.54, 1.807) is 0 Å². The fraction of sp³-hybridized carbons (Fsp3) is 1.00. The van der Waals surface area contributed by atoms with Crippen molar-refractivity contribution in [3.05, 3.63) is 0 Å². The van der Waals surface area contributed by atoms with E-state index in [1.807, 2.05) is 0 Å². The maximum atomic E-state index is 3.64. The van der Waals surface area contributed by atoms with Gasteiger partial charge in [0.2, 0.25) is 0 Å². The minimum atomic E-state index is 0.635. The fourth-order valence-corrected chi connectivity index (χ4v) is 1.79. The average Bonchev–Trinajstić information content (AvgIpc) is 2.87. The monoisotopic (exact) mass is 198 g/mol. The van der Waals surface area contributed by atoms with E-state index >= 15 is 0 Å². The van der Waals surface area contributed by atoms with Gasteiger partial charge in [-0.2, -0.15) is 0 Å². The highest BCUT2D eigenvalue weighted by molar-refractivity contribution is 4.88. The molecule has 0 aromatic rings. The molecule has 0 aromatic carbocycles. The lowest BCUT2D eigenvalue weighted by Gasteiger charge is -2.27. The Morgan fingerprint density at radius 3 is 2.14 bits per heavy atom. The molecule has 0 amide bonds. The number of nitrogens with one attached hydrogen (secondary N) is 1. The van der Waals surface area contributed by atoms with Crippen LogP contribution in [0, 0.1) is 11.8 Å². The van der Waals surface area contributed by atoms with Crippen molar-refractivity contribution < 1.29 is 0 Å². The lowest BCUT2D eigenvalue weighted by molar-refractivity contribution is 0.242. The van der Waals surface area contributed by atoms with Gasteiger partial charge in [-0.3, -0.25) is 0 Å². The van der Waals surface area contributed by atoms with Crippen LogP contribution in [0.4, 0.5) is 0 Å². The van der Waals surface area contributed by atoms with Gasteiger partial charge in [-0.1, -0.05) is 13.8 Å². The summed E-state index contributed by atoms with van der Waals surface area (Å²) in [7, 11) is 4.40. The van der Waals surface area contributed by atoms with Crippen LogP contribution in [0.5, 0.6) is 0 Å². The summed E-state index contributed by atoms with van der Waals surface area (Å²) in [5.74, 6) is 1.69. The standard InChI is InChI=1S/C12H26N2/c1-9(2)10(3)13-8-12(14(4)5)11-6-7-11/h9-13H,6-8H2,1-5H3. The predicted molar refractivity (Wildman–Crippen MR) is 62.5 cm³/mol. The van der Waals surface area contributed by atoms with Crippen LogP contribution in [-0.4, -0.2) is 37.6 Å². The quantitative estimate of drug-likeness (QED) is 0.702. The molecule has 0 heterocycles. The molecule has 1 fully saturated rings. The molecule has 0 aromatic heterocycles. The second-order valence-electron chi connectivity index (χ2n) is 5.31. The van der Waals surface area contributed by atoms with E-state index in [1.165, 1.54) is 12.8 Å². The van der Waals surface area contributed by atoms with E-state index in [4.69, 9.17) is 0 Å². The van der Waals surface area contributed by atoms with Gasteiger partial charge < -0.3 is 10.2 Å². The molecule has 2 unspecified atom stereocenters. The van der Waals surface area contributed by atoms with E-state index in [2.05, 4.69) is 45.1 Å². The average molecular weight is 198 g/mol. The first-order valence-corrected chi connectivity index (χ1v) is 5.92. The van der Waals surface area contributed by atoms with E-state index < -0.39 is 0 Å². The molecule has 1 rings (SSSR count). The smallest absolute Gasteiger partial charge is 0.0242 e. The van der Waals surface area contributed by atoms with Gasteiger partial charge in [-0.15, -0.1) is 0 Å². The largest absolute Gasteiger partial charge is 0.312 e. The lowest BCUT2D eigenvalue weighted by Crippen LogP contribution is -2.43. The first kappa shape index (κ1) is 12.0. The van der Waals surface area contributed by atoms with Crippen molar-refractivity contribution in [2.75, 3.05) is 20.6 Å². The van der Waals surface area contributed by atoms with Crippen LogP contribution in [0.3, 0.4) is 0 Å². The van der Waals surface area contributed by atoms with Gasteiger partial charge in [0.15, 0.2) is 0 Å². The summed E-state index contributed by atoms with van der Waals surface area (Å²) in [5, 5.41) is 3.64. The zero-order valence-electron chi connectivity index (χ0n) is 10.4. The first-order chi connectivity index (χ1) is 6.52. The van der Waals surface area contributed by atoms with Crippen molar-refractivity contribution in [3.63, 3.8) is 0 Å². The first-order valence-electron chi connectivity index (χ1n) is 5.92. The molecule has 1 saturated carbocycles. The Kier molecular flexibility index (Phi) is 4.39. The molecule has 1 N–H and O–H groups in total. The molecule has 0 saturated heterocycles. The highest BCUT2D eigenvalue weighted by Crippen LogP contribution is 2.34. The molecule has 14 heavy (non-hydrogen) atoms. The molecule has 1 aliphatic rings. The van der Waals surface area contributed by atoms with Crippen molar-refractivity contribution >= 4 is 0 Å². The Balaban J connectivity index is 2.26. The maximum Gasteiger partial charge on any atom is 0.0242 e. The number of hydrogen-bond donors (Lipinski definition) is 1. The van der Waals surface area contributed by atoms with Crippen LogP contribution in [0.25, 0.3) is 0 Å². The summed E-state index contributed by atoms with van der Waals surface area (Å²) in [6.07, 6.45) is 2.86. The van der Waals surface area contributed by atoms with Gasteiger partial charge in [-0.25, -0.2) is 0 Å². The molecule has 2 heteroatoms. The van der Waals surface area contributed by atoms with E-state index in [-0.39, 0.29) is 0 Å². The summed E-state index contributed by atoms with van der Waals surface area (Å²) in [6.45, 7) is 7.99. The van der Waals surface area contributed by atoms with Gasteiger partial charge in [0.05, 0.1) is 0 Å². The number of rotatable bonds is 6. The fourth-order valence-electron chi connectivity index (χ4n) is 1.79. The van der Waals surface area contributed by atoms with Crippen molar-refractivity contribution in [2.45, 2.75) is 45.7 Å². The second kappa shape index (κ2) is 5.13. The van der Waals surface area contributed by atoms with Gasteiger partial charge in [0, 0.05) is 18.6 Å². The molecule has 1 aliphatic carbocycles. The van der Waals surface area contributed by atoms with Crippen molar-refractivity contribution in [3.8, 4) is 0 Å². The highest BCUT2D eigenvalue weighted by atomic mass is 15.1. The SMILES string of the molecule is CC(C)C(C)NCC(C1CC1)N(C)C. The Morgan fingerprint density at radius 2 is 1.79 bits per heavy atom. The van der Waals surface area contributed by atoms with Gasteiger partial charge in [0.25, 0.3) is 0 Å². The molecule has 0 radical (unpaired) electrons. The van der Waals surface area contributed by atoms with Crippen LogP contribution >= 0.6 is 0 Å². The summed E-state index contributed by atoms with van der Waals surface area (Å²) in [6, 6.07) is 1.38. The summed E-state index contributed by atoms with van der Waals surface area (Å²) >= 11 is 0. The van der Waals surface area contributed by atoms with Gasteiger partial charge in [0.1, 0.15) is 0 Å². The van der Waals surface area contributed by atoms with Crippen LogP contribution in [-0.2, 0) is 0 Å². The Morgan fingerprint density at radius 1 is 1.21 bits per heavy atom. The van der Waals surface area contributed by atoms with Crippen molar-refractivity contribution in [1.82, 2.24) is 10.2 Å². The molecule has 2 atom stereocenters. The van der Waals surface area contributed by atoms with E-state index in [0.29, 0.717) is 6.04 Å². The van der Waals surface area contributed by atoms with Crippen LogP contribution in [0.2, 0.25) is 0 Å². The molecular formula is C12H26N2. The van der Waals surface area contributed by atoms with Crippen LogP contribution < -0.4 is 5.32 Å². The Labute approximate surface area is 89.1 Å². The van der Waals surface area contributed by atoms with Crippen molar-refractivity contribution in [2.24, 2.45) is 11.8 Å². The molecule has 0 bridgehead atoms. The minimum Gasteiger partial charge on any atom is -0.312 e. The Hall–Kier alpha value is -0.0800. The third-order valence-corrected chi connectivity index (χ3v) is 3.48. The molecule has 2 nitrogen and oxygen atoms in total. The van der Waals surface area contributed by atoms with E-state index in [0.717, 1.165) is 24.4 Å². The second-order valence-corrected chi connectivity index (χ2v) is 5.31. The Bertz CT molecular complexity index is 160. The van der Waals surface area contributed by atoms with Crippen molar-refractivity contribution in [1.29, 1.82) is 0 Å². The zero-order valence-corrected chi connectivity index (χ0v) is 10.4. The molecule has 0 aliphatic heterocycles. The summed E-state index contributed by atoms with van der Waals surface area (Å²) < 4.78 is 0. The van der Waals surface area contributed by atoms with Gasteiger partial charge >= 0.3 is 0 Å². The normalized spacial score (nSPS) is 21.6. The highest BCUT2D eigenvalue weighted by Gasteiger charge is 2.32. The summed E-state index contributed by atoms with van der Waals surface area (Å²) in [5.41, 5.74) is 0. The number of hydrogen-bond acceptors (Lipinski definition) is 2. The third-order valence-electron chi connectivity index (χ3n) is 3.48. The maximum absolute atomic E-state index is 3.64. The zero-order chi connectivity index (χ0) is 10.7.